The molecule has 1 aliphatic heterocycles. The minimum absolute atomic E-state index is 0.0204. The van der Waals surface area contributed by atoms with Crippen LogP contribution in [0.2, 0.25) is 0 Å². The molecule has 0 amide bonds. The second-order valence-corrected chi connectivity index (χ2v) is 7.94. The summed E-state index contributed by atoms with van der Waals surface area (Å²) in [4.78, 5) is 12.6. The number of hydrogen-bond donors (Lipinski definition) is 1. The van der Waals surface area contributed by atoms with Crippen LogP contribution in [0.3, 0.4) is 0 Å². The zero-order valence-corrected chi connectivity index (χ0v) is 17.2. The highest BCUT2D eigenvalue weighted by molar-refractivity contribution is 9.10. The molecule has 0 spiro atoms. The second kappa shape index (κ2) is 8.14. The molecule has 4 rings (SSSR count). The van der Waals surface area contributed by atoms with Gasteiger partial charge in [0.05, 0.1) is 5.92 Å². The number of carbonyl (C=O) groups excluding carboxylic acids is 1. The first-order valence-corrected chi connectivity index (χ1v) is 10.2. The quantitative estimate of drug-likeness (QED) is 0.719. The third kappa shape index (κ3) is 3.92. The number of nitrogens with zero attached hydrogens (tertiary/aromatic N) is 1. The minimum atomic E-state index is -0.489. The molecule has 146 valence electrons. The number of hydrogen-bond acceptors (Lipinski definition) is 5. The number of Topliss-reactive ketones (excluding diaryl/α,β-unsaturated/α-hetero) is 1. The molecule has 1 heterocycles. The molecule has 5 nitrogen and oxygen atoms in total. The van der Waals surface area contributed by atoms with E-state index >= 15 is 0 Å². The van der Waals surface area contributed by atoms with Gasteiger partial charge < -0.3 is 15.2 Å². The van der Waals surface area contributed by atoms with E-state index in [-0.39, 0.29) is 17.2 Å². The zero-order chi connectivity index (χ0) is 20.4. The van der Waals surface area contributed by atoms with Gasteiger partial charge in [0.2, 0.25) is 5.88 Å². The van der Waals surface area contributed by atoms with Crippen LogP contribution in [0, 0.1) is 11.3 Å². The lowest BCUT2D eigenvalue weighted by molar-refractivity contribution is -0.116. The molecule has 0 aromatic heterocycles. The van der Waals surface area contributed by atoms with E-state index in [1.165, 1.54) is 0 Å². The van der Waals surface area contributed by atoms with Gasteiger partial charge in [-0.15, -0.1) is 0 Å². The lowest BCUT2D eigenvalue weighted by atomic mass is 9.77. The van der Waals surface area contributed by atoms with Crippen molar-refractivity contribution < 1.29 is 14.3 Å². The highest BCUT2D eigenvalue weighted by Crippen LogP contribution is 2.43. The SMILES string of the molecule is N#CC1=C(N)OC2=C(C(=O)CCC2)[C@H]1c1ccc(OCc2ccc(Br)cc2)cc1. The van der Waals surface area contributed by atoms with Crippen LogP contribution in [-0.4, -0.2) is 5.78 Å². The van der Waals surface area contributed by atoms with Crippen molar-refractivity contribution in [2.24, 2.45) is 5.73 Å². The molecule has 2 aromatic rings. The summed E-state index contributed by atoms with van der Waals surface area (Å²) in [5.74, 6) is 0.923. The molecule has 2 aromatic carbocycles. The first-order valence-electron chi connectivity index (χ1n) is 9.38. The van der Waals surface area contributed by atoms with Gasteiger partial charge in [0, 0.05) is 22.9 Å². The fourth-order valence-electron chi connectivity index (χ4n) is 3.69. The van der Waals surface area contributed by atoms with Gasteiger partial charge in [-0.05, 0) is 41.8 Å². The first-order chi connectivity index (χ1) is 14.1. The van der Waals surface area contributed by atoms with Crippen molar-refractivity contribution in [3.8, 4) is 11.8 Å². The van der Waals surface area contributed by atoms with E-state index in [2.05, 4.69) is 22.0 Å². The van der Waals surface area contributed by atoms with E-state index in [1.807, 2.05) is 48.5 Å². The highest BCUT2D eigenvalue weighted by atomic mass is 79.9. The van der Waals surface area contributed by atoms with Crippen molar-refractivity contribution in [2.45, 2.75) is 31.8 Å². The van der Waals surface area contributed by atoms with Crippen LogP contribution < -0.4 is 10.5 Å². The summed E-state index contributed by atoms with van der Waals surface area (Å²) >= 11 is 3.42. The number of halogens is 1. The van der Waals surface area contributed by atoms with Crippen LogP contribution in [0.5, 0.6) is 5.75 Å². The Morgan fingerprint density at radius 3 is 2.55 bits per heavy atom. The Bertz CT molecular complexity index is 1050. The average Bonchev–Trinajstić information content (AvgIpc) is 2.73. The van der Waals surface area contributed by atoms with Crippen LogP contribution >= 0.6 is 15.9 Å². The standard InChI is InChI=1S/C23H19BrN2O3/c24-16-8-4-14(5-9-16)13-28-17-10-6-15(7-11-17)21-18(12-25)23(26)29-20-3-1-2-19(27)22(20)21/h4-11,21H,1-3,13,26H2/t21-/m0/s1. The van der Waals surface area contributed by atoms with Crippen LogP contribution in [-0.2, 0) is 16.1 Å². The summed E-state index contributed by atoms with van der Waals surface area (Å²) in [6.45, 7) is 0.452. The maximum absolute atomic E-state index is 12.6. The molecule has 2 N–H and O–H groups in total. The van der Waals surface area contributed by atoms with Gasteiger partial charge >= 0.3 is 0 Å². The molecule has 2 aliphatic rings. The zero-order valence-electron chi connectivity index (χ0n) is 15.7. The van der Waals surface area contributed by atoms with Crippen molar-refractivity contribution in [3.63, 3.8) is 0 Å². The third-order valence-corrected chi connectivity index (χ3v) is 5.67. The van der Waals surface area contributed by atoms with Gasteiger partial charge in [-0.25, -0.2) is 0 Å². The summed E-state index contributed by atoms with van der Waals surface area (Å²) in [6.07, 6.45) is 1.86. The molecule has 29 heavy (non-hydrogen) atoms. The van der Waals surface area contributed by atoms with E-state index in [0.717, 1.165) is 22.0 Å². The molecule has 0 saturated carbocycles. The molecular formula is C23H19BrN2O3. The number of rotatable bonds is 4. The van der Waals surface area contributed by atoms with Crippen molar-refractivity contribution >= 4 is 21.7 Å². The number of benzene rings is 2. The molecule has 0 radical (unpaired) electrons. The lowest BCUT2D eigenvalue weighted by Gasteiger charge is -2.31. The van der Waals surface area contributed by atoms with Gasteiger partial charge in [-0.3, -0.25) is 4.79 Å². The minimum Gasteiger partial charge on any atom is -0.489 e. The maximum Gasteiger partial charge on any atom is 0.205 e. The largest absolute Gasteiger partial charge is 0.489 e. The number of nitriles is 1. The molecule has 6 heteroatoms. The Morgan fingerprint density at radius 1 is 1.14 bits per heavy atom. The normalized spacial score (nSPS) is 18.8. The van der Waals surface area contributed by atoms with Gasteiger partial charge in [0.15, 0.2) is 5.78 Å². The Hall–Kier alpha value is -3.04. The first kappa shape index (κ1) is 19.3. The second-order valence-electron chi connectivity index (χ2n) is 7.02. The number of ether oxygens (including phenoxy) is 2. The van der Waals surface area contributed by atoms with Crippen LogP contribution in [0.1, 0.15) is 36.3 Å². The summed E-state index contributed by atoms with van der Waals surface area (Å²) in [6, 6.07) is 17.5. The average molecular weight is 451 g/mol. The van der Waals surface area contributed by atoms with Crippen molar-refractivity contribution in [1.82, 2.24) is 0 Å². The van der Waals surface area contributed by atoms with Gasteiger partial charge in [-0.2, -0.15) is 5.26 Å². The molecule has 0 bridgehead atoms. The van der Waals surface area contributed by atoms with E-state index in [1.54, 1.807) is 0 Å². The molecule has 1 atom stereocenters. The number of nitrogens with two attached hydrogens (primary N) is 1. The van der Waals surface area contributed by atoms with E-state index in [0.29, 0.717) is 36.5 Å². The Kier molecular flexibility index (Phi) is 5.41. The van der Waals surface area contributed by atoms with Gasteiger partial charge in [0.1, 0.15) is 29.8 Å². The van der Waals surface area contributed by atoms with Gasteiger partial charge in [-0.1, -0.05) is 40.2 Å². The van der Waals surface area contributed by atoms with Crippen LogP contribution in [0.25, 0.3) is 0 Å². The summed E-state index contributed by atoms with van der Waals surface area (Å²) in [5.41, 5.74) is 8.71. The molecule has 1 aliphatic carbocycles. The fourth-order valence-corrected chi connectivity index (χ4v) is 3.96. The number of allylic oxidation sites excluding steroid dienone is 3. The highest BCUT2D eigenvalue weighted by Gasteiger charge is 2.37. The Balaban J connectivity index is 1.58. The molecule has 0 fully saturated rings. The van der Waals surface area contributed by atoms with E-state index < -0.39 is 5.92 Å². The van der Waals surface area contributed by atoms with Crippen LogP contribution in [0.15, 0.2) is 75.8 Å². The molecular weight excluding hydrogens is 432 g/mol. The topological polar surface area (TPSA) is 85.3 Å². The van der Waals surface area contributed by atoms with E-state index in [9.17, 15) is 10.1 Å². The van der Waals surface area contributed by atoms with Gasteiger partial charge in [0.25, 0.3) is 0 Å². The predicted molar refractivity (Wildman–Crippen MR) is 111 cm³/mol. The predicted octanol–water partition coefficient (Wildman–Crippen LogP) is 4.84. The maximum atomic E-state index is 12.6. The summed E-state index contributed by atoms with van der Waals surface area (Å²) < 4.78 is 12.5. The fraction of sp³-hybridized carbons (Fsp3) is 0.217. The van der Waals surface area contributed by atoms with Crippen molar-refractivity contribution in [3.05, 3.63) is 86.9 Å². The molecule has 0 saturated heterocycles. The molecule has 0 unspecified atom stereocenters. The summed E-state index contributed by atoms with van der Waals surface area (Å²) in [7, 11) is 0. The monoisotopic (exact) mass is 450 g/mol. The van der Waals surface area contributed by atoms with Crippen molar-refractivity contribution in [1.29, 1.82) is 5.26 Å². The lowest BCUT2D eigenvalue weighted by Crippen LogP contribution is -2.27. The Labute approximate surface area is 177 Å². The number of carbonyl (C=O) groups is 1. The third-order valence-electron chi connectivity index (χ3n) is 5.14. The summed E-state index contributed by atoms with van der Waals surface area (Å²) in [5, 5.41) is 9.62. The Morgan fingerprint density at radius 2 is 1.86 bits per heavy atom. The van der Waals surface area contributed by atoms with E-state index in [4.69, 9.17) is 15.2 Å². The van der Waals surface area contributed by atoms with Crippen molar-refractivity contribution in [2.75, 3.05) is 0 Å². The number of ketones is 1. The smallest absolute Gasteiger partial charge is 0.205 e. The van der Waals surface area contributed by atoms with Crippen LogP contribution in [0.4, 0.5) is 0 Å².